The van der Waals surface area contributed by atoms with Crippen LogP contribution in [0.3, 0.4) is 0 Å². The number of nitrogens with zero attached hydrogens (tertiary/aromatic N) is 2. The summed E-state index contributed by atoms with van der Waals surface area (Å²) < 4.78 is 37.7. The number of rotatable bonds is 7. The molecular weight excluding hydrogens is 406 g/mol. The highest BCUT2D eigenvalue weighted by molar-refractivity contribution is 7.93. The molecule has 2 aromatic carbocycles. The fraction of sp³-hybridized carbons (Fsp3) is 0.143. The molecule has 154 valence electrons. The van der Waals surface area contributed by atoms with Crippen LogP contribution in [0, 0.1) is 0 Å². The average Bonchev–Trinajstić information content (AvgIpc) is 3.20. The summed E-state index contributed by atoms with van der Waals surface area (Å²) in [7, 11) is 4.57. The third-order valence-corrected chi connectivity index (χ3v) is 5.68. The first-order chi connectivity index (χ1) is 14.7. The topological polar surface area (TPSA) is 102 Å². The van der Waals surface area contributed by atoms with Crippen LogP contribution in [0.1, 0.15) is 0 Å². The Kier molecular flexibility index (Phi) is 5.64. The van der Waals surface area contributed by atoms with E-state index in [4.69, 9.17) is 18.7 Å². The van der Waals surface area contributed by atoms with Crippen molar-refractivity contribution < 1.29 is 23.3 Å². The summed E-state index contributed by atoms with van der Waals surface area (Å²) in [6, 6.07) is 12.7. The van der Waals surface area contributed by atoms with Crippen molar-refractivity contribution in [3.8, 4) is 28.4 Å². The zero-order chi connectivity index (χ0) is 21.1. The van der Waals surface area contributed by atoms with Crippen molar-refractivity contribution in [3.05, 3.63) is 54.9 Å². The molecule has 4 rings (SSSR count). The van der Waals surface area contributed by atoms with E-state index in [2.05, 4.69) is 14.9 Å². The lowest BCUT2D eigenvalue weighted by Gasteiger charge is -2.15. The van der Waals surface area contributed by atoms with E-state index in [0.29, 0.717) is 33.1 Å². The predicted octanol–water partition coefficient (Wildman–Crippen LogP) is 4.05. The Morgan fingerprint density at radius 1 is 0.900 bits per heavy atom. The van der Waals surface area contributed by atoms with Gasteiger partial charge < -0.3 is 23.3 Å². The van der Waals surface area contributed by atoms with Gasteiger partial charge in [0.1, 0.15) is 22.5 Å². The molecule has 0 bridgehead atoms. The molecule has 1 unspecified atom stereocenters. The van der Waals surface area contributed by atoms with Gasteiger partial charge >= 0.3 is 0 Å². The first kappa shape index (κ1) is 19.9. The average molecular weight is 425 g/mol. The number of methoxy groups -OCH3 is 3. The summed E-state index contributed by atoms with van der Waals surface area (Å²) in [6.45, 7) is 0. The number of hydrogen-bond donors (Lipinski definition) is 1. The van der Waals surface area contributed by atoms with Crippen LogP contribution < -0.4 is 18.9 Å². The lowest BCUT2D eigenvalue weighted by molar-refractivity contribution is 0.373. The first-order valence-electron chi connectivity index (χ1n) is 8.93. The maximum atomic E-state index is 13.1. The zero-order valence-corrected chi connectivity index (χ0v) is 17.4. The van der Waals surface area contributed by atoms with E-state index in [9.17, 15) is 4.55 Å². The van der Waals surface area contributed by atoms with Crippen molar-refractivity contribution in [2.24, 2.45) is 0 Å². The van der Waals surface area contributed by atoms with Gasteiger partial charge in [0.05, 0.1) is 21.3 Å². The van der Waals surface area contributed by atoms with Gasteiger partial charge in [-0.3, -0.25) is 4.98 Å². The normalized spacial score (nSPS) is 11.9. The molecule has 0 aliphatic carbocycles. The van der Waals surface area contributed by atoms with E-state index >= 15 is 0 Å². The SMILES string of the molecule is COc1cccc(OC)c1[S+]([O-])Nc1noc2cc(-c3ccncc3)cc(OC)c12. The van der Waals surface area contributed by atoms with Crippen LogP contribution >= 0.6 is 0 Å². The quantitative estimate of drug-likeness (QED) is 0.443. The second-order valence-corrected chi connectivity index (χ2v) is 7.33. The van der Waals surface area contributed by atoms with E-state index in [-0.39, 0.29) is 5.82 Å². The van der Waals surface area contributed by atoms with E-state index in [1.54, 1.807) is 37.7 Å². The molecule has 4 aromatic rings. The zero-order valence-electron chi connectivity index (χ0n) is 16.5. The maximum Gasteiger partial charge on any atom is 0.263 e. The minimum absolute atomic E-state index is 0.287. The molecule has 0 amide bonds. The van der Waals surface area contributed by atoms with Crippen molar-refractivity contribution in [1.82, 2.24) is 10.1 Å². The number of pyridine rings is 1. The third-order valence-electron chi connectivity index (χ3n) is 4.53. The standard InChI is InChI=1S/C21H19N3O5S/c1-26-15-5-4-6-16(27-2)20(15)30(25)24-21-19-17(28-3)11-14(12-18(19)29-23-21)13-7-9-22-10-8-13/h4-12H,1-3H3,(H,23,24). The number of hydrogen-bond acceptors (Lipinski definition) is 8. The second-order valence-electron chi connectivity index (χ2n) is 6.18. The Hall–Kier alpha value is -3.43. The summed E-state index contributed by atoms with van der Waals surface area (Å²) in [4.78, 5) is 4.40. The van der Waals surface area contributed by atoms with Gasteiger partial charge in [-0.25, -0.2) is 0 Å². The van der Waals surface area contributed by atoms with Gasteiger partial charge in [-0.05, 0) is 47.5 Å². The molecule has 30 heavy (non-hydrogen) atoms. The first-order valence-corrected chi connectivity index (χ1v) is 10.1. The van der Waals surface area contributed by atoms with Crippen molar-refractivity contribution in [3.63, 3.8) is 0 Å². The lowest BCUT2D eigenvalue weighted by atomic mass is 10.0. The fourth-order valence-electron chi connectivity index (χ4n) is 3.12. The van der Waals surface area contributed by atoms with Crippen LogP contribution in [0.4, 0.5) is 5.82 Å². The summed E-state index contributed by atoms with van der Waals surface area (Å²) in [6.07, 6.45) is 3.42. The number of ether oxygens (including phenoxy) is 3. The van der Waals surface area contributed by atoms with E-state index in [1.165, 1.54) is 14.2 Å². The molecular formula is C21H19N3O5S. The highest BCUT2D eigenvalue weighted by atomic mass is 32.2. The summed E-state index contributed by atoms with van der Waals surface area (Å²) in [5.74, 6) is 1.68. The van der Waals surface area contributed by atoms with Crippen LogP contribution in [0.15, 0.2) is 64.3 Å². The number of anilines is 1. The molecule has 0 spiro atoms. The Morgan fingerprint density at radius 2 is 1.57 bits per heavy atom. The minimum atomic E-state index is -1.73. The maximum absolute atomic E-state index is 13.1. The molecule has 8 nitrogen and oxygen atoms in total. The van der Waals surface area contributed by atoms with Crippen LogP contribution in [0.25, 0.3) is 22.1 Å². The van der Waals surface area contributed by atoms with Crippen LogP contribution in [0.5, 0.6) is 17.2 Å². The molecule has 0 radical (unpaired) electrons. The largest absolute Gasteiger partial charge is 0.588 e. The summed E-state index contributed by atoms with van der Waals surface area (Å²) >= 11 is -1.73. The van der Waals surface area contributed by atoms with Gasteiger partial charge in [-0.1, -0.05) is 11.2 Å². The molecule has 0 aliphatic rings. The number of fused-ring (bicyclic) bond motifs is 1. The van der Waals surface area contributed by atoms with E-state index < -0.39 is 11.4 Å². The van der Waals surface area contributed by atoms with Crippen molar-refractivity contribution in [1.29, 1.82) is 0 Å². The molecule has 1 atom stereocenters. The minimum Gasteiger partial charge on any atom is -0.588 e. The Balaban J connectivity index is 1.74. The van der Waals surface area contributed by atoms with Gasteiger partial charge in [0.25, 0.3) is 4.90 Å². The predicted molar refractivity (Wildman–Crippen MR) is 113 cm³/mol. The molecule has 2 aromatic heterocycles. The van der Waals surface area contributed by atoms with Gasteiger partial charge in [0, 0.05) is 12.4 Å². The molecule has 2 heterocycles. The lowest BCUT2D eigenvalue weighted by Crippen LogP contribution is -2.15. The molecule has 0 saturated heterocycles. The molecule has 0 saturated carbocycles. The number of aromatic nitrogens is 2. The van der Waals surface area contributed by atoms with Gasteiger partial charge in [0.2, 0.25) is 5.82 Å². The highest BCUT2D eigenvalue weighted by Gasteiger charge is 2.27. The fourth-order valence-corrected chi connectivity index (χ4v) is 4.20. The van der Waals surface area contributed by atoms with Gasteiger partial charge in [-0.15, -0.1) is 0 Å². The van der Waals surface area contributed by atoms with Crippen LogP contribution in [-0.4, -0.2) is 36.0 Å². The molecule has 9 heteroatoms. The van der Waals surface area contributed by atoms with E-state index in [1.807, 2.05) is 24.3 Å². The smallest absolute Gasteiger partial charge is 0.263 e. The monoisotopic (exact) mass is 425 g/mol. The van der Waals surface area contributed by atoms with Crippen LogP contribution in [0.2, 0.25) is 0 Å². The number of nitrogens with one attached hydrogen (secondary N) is 1. The van der Waals surface area contributed by atoms with E-state index in [0.717, 1.165) is 11.1 Å². The van der Waals surface area contributed by atoms with Crippen molar-refractivity contribution in [2.75, 3.05) is 26.1 Å². The second kappa shape index (κ2) is 8.52. The van der Waals surface area contributed by atoms with Gasteiger partial charge in [-0.2, -0.15) is 4.72 Å². The summed E-state index contributed by atoms with van der Waals surface area (Å²) in [5, 5.41) is 4.64. The Labute approximate surface area is 176 Å². The molecule has 1 N–H and O–H groups in total. The Bertz CT molecular complexity index is 1140. The highest BCUT2D eigenvalue weighted by Crippen LogP contribution is 2.39. The molecule has 0 aliphatic heterocycles. The van der Waals surface area contributed by atoms with Crippen molar-refractivity contribution in [2.45, 2.75) is 4.90 Å². The third kappa shape index (κ3) is 3.60. The van der Waals surface area contributed by atoms with Gasteiger partial charge in [0.15, 0.2) is 17.1 Å². The molecule has 0 fully saturated rings. The number of benzene rings is 2. The van der Waals surface area contributed by atoms with Crippen molar-refractivity contribution >= 4 is 28.1 Å². The van der Waals surface area contributed by atoms with Crippen LogP contribution in [-0.2, 0) is 11.4 Å². The Morgan fingerprint density at radius 3 is 2.20 bits per heavy atom. The summed E-state index contributed by atoms with van der Waals surface area (Å²) in [5.41, 5.74) is 2.34.